The Hall–Kier alpha value is -0.900. The molecule has 1 rings (SSSR count). The molecule has 1 N–H and O–H groups in total. The van der Waals surface area contributed by atoms with Crippen molar-refractivity contribution < 1.29 is 9.47 Å². The second-order valence-corrected chi connectivity index (χ2v) is 6.19. The Bertz CT molecular complexity index is 389. The molecule has 0 spiro atoms. The summed E-state index contributed by atoms with van der Waals surface area (Å²) < 4.78 is 11.5. The Morgan fingerprint density at radius 1 is 0.952 bits per heavy atom. The summed E-state index contributed by atoms with van der Waals surface area (Å²) in [6.07, 6.45) is -0.250. The van der Waals surface area contributed by atoms with Gasteiger partial charge in [-0.15, -0.1) is 0 Å². The van der Waals surface area contributed by atoms with Gasteiger partial charge in [-0.25, -0.2) is 0 Å². The number of nitrogens with one attached hydrogen (secondary N) is 1. The molecule has 0 amide bonds. The van der Waals surface area contributed by atoms with Crippen molar-refractivity contribution in [2.75, 3.05) is 19.8 Å². The zero-order valence-corrected chi connectivity index (χ0v) is 14.4. The first-order valence-electron chi connectivity index (χ1n) is 8.01. The Morgan fingerprint density at radius 2 is 1.48 bits per heavy atom. The third-order valence-corrected chi connectivity index (χ3v) is 3.49. The standard InChI is InChI=1S/C18H31NO2/c1-7-19-16(17(20-8-2)21-9-3)14-10-12-15(13-11-14)18(4,5)6/h10-13,16-17,19H,7-9H2,1-6H3. The largest absolute Gasteiger partial charge is 0.351 e. The van der Waals surface area contributed by atoms with Crippen LogP contribution in [0.2, 0.25) is 0 Å². The summed E-state index contributed by atoms with van der Waals surface area (Å²) in [6, 6.07) is 8.82. The van der Waals surface area contributed by atoms with E-state index < -0.39 is 0 Å². The van der Waals surface area contributed by atoms with Gasteiger partial charge in [-0.2, -0.15) is 0 Å². The molecule has 0 aromatic heterocycles. The van der Waals surface area contributed by atoms with Crippen LogP contribution in [0.4, 0.5) is 0 Å². The van der Waals surface area contributed by atoms with Gasteiger partial charge < -0.3 is 14.8 Å². The Kier molecular flexibility index (Phi) is 7.36. The van der Waals surface area contributed by atoms with E-state index in [-0.39, 0.29) is 17.7 Å². The van der Waals surface area contributed by atoms with Gasteiger partial charge in [0.2, 0.25) is 0 Å². The molecule has 120 valence electrons. The first kappa shape index (κ1) is 18.1. The fourth-order valence-corrected chi connectivity index (χ4v) is 2.35. The van der Waals surface area contributed by atoms with E-state index in [2.05, 4.69) is 57.3 Å². The van der Waals surface area contributed by atoms with E-state index in [1.54, 1.807) is 0 Å². The van der Waals surface area contributed by atoms with Gasteiger partial charge in [-0.3, -0.25) is 0 Å². The molecule has 0 saturated heterocycles. The van der Waals surface area contributed by atoms with Crippen LogP contribution in [-0.2, 0) is 14.9 Å². The van der Waals surface area contributed by atoms with Crippen molar-refractivity contribution >= 4 is 0 Å². The van der Waals surface area contributed by atoms with Crippen molar-refractivity contribution in [1.82, 2.24) is 5.32 Å². The normalized spacial score (nSPS) is 13.7. The summed E-state index contributed by atoms with van der Waals surface area (Å²) in [5.41, 5.74) is 2.72. The topological polar surface area (TPSA) is 30.5 Å². The summed E-state index contributed by atoms with van der Waals surface area (Å²) in [7, 11) is 0. The van der Waals surface area contributed by atoms with Gasteiger partial charge >= 0.3 is 0 Å². The second kappa shape index (κ2) is 8.52. The number of hydrogen-bond donors (Lipinski definition) is 1. The highest BCUT2D eigenvalue weighted by atomic mass is 16.7. The predicted octanol–water partition coefficient (Wildman–Crippen LogP) is 4.03. The molecule has 0 heterocycles. The maximum atomic E-state index is 5.76. The Morgan fingerprint density at radius 3 is 1.86 bits per heavy atom. The van der Waals surface area contributed by atoms with E-state index in [9.17, 15) is 0 Å². The number of hydrogen-bond acceptors (Lipinski definition) is 3. The fraction of sp³-hybridized carbons (Fsp3) is 0.667. The molecule has 1 aromatic rings. The van der Waals surface area contributed by atoms with Crippen LogP contribution >= 0.6 is 0 Å². The summed E-state index contributed by atoms with van der Waals surface area (Å²) in [4.78, 5) is 0. The highest BCUT2D eigenvalue weighted by Crippen LogP contribution is 2.26. The minimum absolute atomic E-state index is 0.0592. The molecular weight excluding hydrogens is 262 g/mol. The monoisotopic (exact) mass is 293 g/mol. The lowest BCUT2D eigenvalue weighted by atomic mass is 9.86. The lowest BCUT2D eigenvalue weighted by Gasteiger charge is -2.28. The summed E-state index contributed by atoms with van der Waals surface area (Å²) in [6.45, 7) is 15.0. The van der Waals surface area contributed by atoms with Crippen LogP contribution in [0.3, 0.4) is 0 Å². The summed E-state index contributed by atoms with van der Waals surface area (Å²) in [5, 5.41) is 3.48. The zero-order chi connectivity index (χ0) is 15.9. The third-order valence-electron chi connectivity index (χ3n) is 3.49. The van der Waals surface area contributed by atoms with Crippen molar-refractivity contribution in [3.05, 3.63) is 35.4 Å². The van der Waals surface area contributed by atoms with Crippen molar-refractivity contribution in [3.63, 3.8) is 0 Å². The van der Waals surface area contributed by atoms with Crippen molar-refractivity contribution in [2.24, 2.45) is 0 Å². The lowest BCUT2D eigenvalue weighted by Crippen LogP contribution is -2.36. The third kappa shape index (κ3) is 5.42. The van der Waals surface area contributed by atoms with Crippen molar-refractivity contribution in [1.29, 1.82) is 0 Å². The second-order valence-electron chi connectivity index (χ2n) is 6.19. The van der Waals surface area contributed by atoms with Crippen LogP contribution in [-0.4, -0.2) is 26.0 Å². The van der Waals surface area contributed by atoms with Gasteiger partial charge in [-0.1, -0.05) is 52.0 Å². The van der Waals surface area contributed by atoms with Crippen LogP contribution in [0.25, 0.3) is 0 Å². The summed E-state index contributed by atoms with van der Waals surface area (Å²) in [5.74, 6) is 0. The van der Waals surface area contributed by atoms with E-state index in [0.29, 0.717) is 13.2 Å². The van der Waals surface area contributed by atoms with E-state index in [4.69, 9.17) is 9.47 Å². The number of likely N-dealkylation sites (N-methyl/N-ethyl adjacent to an activating group) is 1. The maximum Gasteiger partial charge on any atom is 0.176 e. The average molecular weight is 293 g/mol. The van der Waals surface area contributed by atoms with Crippen molar-refractivity contribution in [3.8, 4) is 0 Å². The van der Waals surface area contributed by atoms with Gasteiger partial charge in [-0.05, 0) is 36.9 Å². The molecule has 0 radical (unpaired) electrons. The van der Waals surface area contributed by atoms with E-state index in [0.717, 1.165) is 6.54 Å². The molecule has 0 bridgehead atoms. The fourth-order valence-electron chi connectivity index (χ4n) is 2.35. The molecular formula is C18H31NO2. The molecule has 1 aromatic carbocycles. The maximum absolute atomic E-state index is 5.76. The van der Waals surface area contributed by atoms with Crippen molar-refractivity contribution in [2.45, 2.75) is 59.3 Å². The average Bonchev–Trinajstić information content (AvgIpc) is 2.44. The van der Waals surface area contributed by atoms with Gasteiger partial charge in [0, 0.05) is 13.2 Å². The van der Waals surface area contributed by atoms with Gasteiger partial charge in [0.15, 0.2) is 6.29 Å². The SMILES string of the molecule is CCNC(c1ccc(C(C)(C)C)cc1)C(OCC)OCC. The predicted molar refractivity (Wildman–Crippen MR) is 88.6 cm³/mol. The van der Waals surface area contributed by atoms with Crippen LogP contribution in [0, 0.1) is 0 Å². The van der Waals surface area contributed by atoms with E-state index >= 15 is 0 Å². The van der Waals surface area contributed by atoms with Crippen LogP contribution in [0.1, 0.15) is 58.7 Å². The minimum Gasteiger partial charge on any atom is -0.351 e. The highest BCUT2D eigenvalue weighted by Gasteiger charge is 2.24. The molecule has 0 aliphatic rings. The number of rotatable bonds is 8. The molecule has 0 fully saturated rings. The van der Waals surface area contributed by atoms with E-state index in [1.165, 1.54) is 11.1 Å². The van der Waals surface area contributed by atoms with Gasteiger partial charge in [0.1, 0.15) is 0 Å². The molecule has 21 heavy (non-hydrogen) atoms. The Labute approximate surface area is 130 Å². The quantitative estimate of drug-likeness (QED) is 0.734. The Balaban J connectivity index is 2.98. The molecule has 0 aliphatic carbocycles. The molecule has 1 unspecified atom stereocenters. The number of ether oxygens (including phenoxy) is 2. The van der Waals surface area contributed by atoms with Crippen LogP contribution in [0.5, 0.6) is 0 Å². The van der Waals surface area contributed by atoms with Gasteiger partial charge in [0.05, 0.1) is 6.04 Å². The molecule has 0 aliphatic heterocycles. The first-order chi connectivity index (χ1) is 9.93. The molecule has 3 heteroatoms. The zero-order valence-electron chi connectivity index (χ0n) is 14.4. The highest BCUT2D eigenvalue weighted by molar-refractivity contribution is 5.29. The van der Waals surface area contributed by atoms with Crippen LogP contribution < -0.4 is 5.32 Å². The van der Waals surface area contributed by atoms with Crippen LogP contribution in [0.15, 0.2) is 24.3 Å². The lowest BCUT2D eigenvalue weighted by molar-refractivity contribution is -0.155. The minimum atomic E-state index is -0.250. The number of benzene rings is 1. The molecule has 1 atom stereocenters. The smallest absolute Gasteiger partial charge is 0.176 e. The summed E-state index contributed by atoms with van der Waals surface area (Å²) >= 11 is 0. The first-order valence-corrected chi connectivity index (χ1v) is 8.01. The molecule has 3 nitrogen and oxygen atoms in total. The van der Waals surface area contributed by atoms with Gasteiger partial charge in [0.25, 0.3) is 0 Å². The van der Waals surface area contributed by atoms with E-state index in [1.807, 2.05) is 13.8 Å². The molecule has 0 saturated carbocycles.